The van der Waals surface area contributed by atoms with Gasteiger partial charge in [-0.1, -0.05) is 35.8 Å². The Morgan fingerprint density at radius 3 is 2.63 bits per heavy atom. The molecule has 1 N–H and O–H groups in total. The van der Waals surface area contributed by atoms with E-state index in [1.165, 1.54) is 4.88 Å². The number of halogens is 1. The molecule has 19 heavy (non-hydrogen) atoms. The minimum Gasteiger partial charge on any atom is -0.497 e. The molecule has 2 rings (SSSR count). The van der Waals surface area contributed by atoms with Gasteiger partial charge in [-0.3, -0.25) is 0 Å². The second kappa shape index (κ2) is 6.44. The molecular weight excluding hydrogens is 322 g/mol. The molecule has 0 amide bonds. The third-order valence-corrected chi connectivity index (χ3v) is 4.36. The van der Waals surface area contributed by atoms with Gasteiger partial charge >= 0.3 is 0 Å². The van der Waals surface area contributed by atoms with Gasteiger partial charge in [-0.15, -0.1) is 11.3 Å². The van der Waals surface area contributed by atoms with Crippen molar-refractivity contribution in [3.8, 4) is 5.75 Å². The van der Waals surface area contributed by atoms with Crippen LogP contribution in [0.4, 0.5) is 5.69 Å². The van der Waals surface area contributed by atoms with Gasteiger partial charge in [-0.25, -0.2) is 0 Å². The summed E-state index contributed by atoms with van der Waals surface area (Å²) in [7, 11) is 1.69. The zero-order chi connectivity index (χ0) is 13.8. The number of rotatable bonds is 5. The number of ether oxygens (including phenoxy) is 1. The maximum atomic E-state index is 5.30. The molecule has 0 saturated heterocycles. The van der Waals surface area contributed by atoms with Gasteiger partial charge in [0.1, 0.15) is 5.75 Å². The lowest BCUT2D eigenvalue weighted by atomic mass is 10.0. The van der Waals surface area contributed by atoms with Crippen LogP contribution in [0.5, 0.6) is 5.75 Å². The van der Waals surface area contributed by atoms with Crippen LogP contribution in [0.15, 0.2) is 40.2 Å². The van der Waals surface area contributed by atoms with Gasteiger partial charge in [0.05, 0.1) is 13.2 Å². The van der Waals surface area contributed by atoms with E-state index in [1.54, 1.807) is 18.4 Å². The number of nitrogens with one attached hydrogen (secondary N) is 1. The van der Waals surface area contributed by atoms with Gasteiger partial charge in [-0.05, 0) is 29.5 Å². The molecule has 1 heterocycles. The Morgan fingerprint density at radius 2 is 2.05 bits per heavy atom. The lowest BCUT2D eigenvalue weighted by Crippen LogP contribution is -2.15. The second-order valence-corrected chi connectivity index (χ2v) is 6.66. The van der Waals surface area contributed by atoms with Crippen LogP contribution < -0.4 is 10.1 Å². The Hall–Kier alpha value is -1.00. The van der Waals surface area contributed by atoms with Crippen LogP contribution >= 0.6 is 27.3 Å². The van der Waals surface area contributed by atoms with Crippen molar-refractivity contribution in [3.05, 3.63) is 45.1 Å². The van der Waals surface area contributed by atoms with E-state index in [4.69, 9.17) is 4.74 Å². The molecule has 0 spiro atoms. The van der Waals surface area contributed by atoms with Crippen molar-refractivity contribution in [1.29, 1.82) is 0 Å². The summed E-state index contributed by atoms with van der Waals surface area (Å²) < 4.78 is 6.32. The van der Waals surface area contributed by atoms with E-state index in [9.17, 15) is 0 Å². The van der Waals surface area contributed by atoms with E-state index in [2.05, 4.69) is 58.7 Å². The van der Waals surface area contributed by atoms with E-state index in [-0.39, 0.29) is 0 Å². The minimum absolute atomic E-state index is 0.319. The topological polar surface area (TPSA) is 21.3 Å². The summed E-state index contributed by atoms with van der Waals surface area (Å²) in [5.41, 5.74) is 1.07. The Labute approximate surface area is 126 Å². The van der Waals surface area contributed by atoms with Crippen LogP contribution in [0.2, 0.25) is 0 Å². The highest BCUT2D eigenvalue weighted by Gasteiger charge is 2.17. The summed E-state index contributed by atoms with van der Waals surface area (Å²) in [5, 5.41) is 5.72. The van der Waals surface area contributed by atoms with Gasteiger partial charge in [0.25, 0.3) is 0 Å². The Balaban J connectivity index is 2.24. The van der Waals surface area contributed by atoms with Gasteiger partial charge in [-0.2, -0.15) is 0 Å². The highest BCUT2D eigenvalue weighted by molar-refractivity contribution is 9.10. The summed E-state index contributed by atoms with van der Waals surface area (Å²) in [6, 6.07) is 10.6. The highest BCUT2D eigenvalue weighted by atomic mass is 79.9. The first kappa shape index (κ1) is 14.4. The fourth-order valence-electron chi connectivity index (χ4n) is 1.98. The van der Waals surface area contributed by atoms with E-state index < -0.39 is 0 Å². The predicted octanol–water partition coefficient (Wildman–Crippen LogP) is 5.33. The third kappa shape index (κ3) is 3.74. The second-order valence-electron chi connectivity index (χ2n) is 4.76. The summed E-state index contributed by atoms with van der Waals surface area (Å²) in [6.07, 6.45) is 0. The predicted molar refractivity (Wildman–Crippen MR) is 86.2 cm³/mol. The van der Waals surface area contributed by atoms with E-state index >= 15 is 0 Å². The number of benzene rings is 1. The zero-order valence-electron chi connectivity index (χ0n) is 11.3. The summed E-state index contributed by atoms with van der Waals surface area (Å²) in [5.74, 6) is 1.37. The molecule has 0 radical (unpaired) electrons. The third-order valence-electron chi connectivity index (χ3n) is 2.95. The Kier molecular flexibility index (Phi) is 4.88. The molecule has 0 aliphatic carbocycles. The molecular formula is C15H18BrNOS. The van der Waals surface area contributed by atoms with Crippen LogP contribution in [0.25, 0.3) is 0 Å². The molecule has 4 heteroatoms. The molecule has 0 aliphatic heterocycles. The first-order valence-electron chi connectivity index (χ1n) is 6.24. The average molecular weight is 340 g/mol. The van der Waals surface area contributed by atoms with Crippen molar-refractivity contribution in [1.82, 2.24) is 0 Å². The van der Waals surface area contributed by atoms with Crippen molar-refractivity contribution in [3.63, 3.8) is 0 Å². The lowest BCUT2D eigenvalue weighted by Gasteiger charge is -2.23. The maximum Gasteiger partial charge on any atom is 0.122 e. The van der Waals surface area contributed by atoms with Crippen molar-refractivity contribution in [2.75, 3.05) is 12.4 Å². The molecule has 0 fully saturated rings. The van der Waals surface area contributed by atoms with Crippen molar-refractivity contribution >= 4 is 33.0 Å². The van der Waals surface area contributed by atoms with Gasteiger partial charge in [0.15, 0.2) is 0 Å². The van der Waals surface area contributed by atoms with Gasteiger partial charge < -0.3 is 10.1 Å². The minimum atomic E-state index is 0.319. The molecule has 0 bridgehead atoms. The Bertz CT molecular complexity index is 525. The molecule has 2 aromatic rings. The number of hydrogen-bond donors (Lipinski definition) is 1. The van der Waals surface area contributed by atoms with Crippen LogP contribution in [-0.4, -0.2) is 7.11 Å². The first-order valence-corrected chi connectivity index (χ1v) is 7.92. The molecule has 102 valence electrons. The van der Waals surface area contributed by atoms with E-state index in [0.717, 1.165) is 15.9 Å². The number of hydrogen-bond acceptors (Lipinski definition) is 3. The smallest absolute Gasteiger partial charge is 0.122 e. The normalized spacial score (nSPS) is 12.5. The largest absolute Gasteiger partial charge is 0.497 e. The standard InChI is InChI=1S/C15H18BrNOS/c1-10(2)15(14-5-4-6-19-14)17-12-7-11(16)8-13(9-12)18-3/h4-10,15,17H,1-3H3. The maximum absolute atomic E-state index is 5.30. The SMILES string of the molecule is COc1cc(Br)cc(NC(c2cccs2)C(C)C)c1. The molecule has 0 aliphatic rings. The van der Waals surface area contributed by atoms with Crippen LogP contribution in [-0.2, 0) is 0 Å². The summed E-state index contributed by atoms with van der Waals surface area (Å²) in [6.45, 7) is 4.46. The highest BCUT2D eigenvalue weighted by Crippen LogP contribution is 2.32. The molecule has 1 aromatic carbocycles. The summed E-state index contributed by atoms with van der Waals surface area (Å²) >= 11 is 5.30. The zero-order valence-corrected chi connectivity index (χ0v) is 13.7. The van der Waals surface area contributed by atoms with Gasteiger partial charge in [0, 0.05) is 21.1 Å². The fourth-order valence-corrected chi connectivity index (χ4v) is 3.40. The van der Waals surface area contributed by atoms with Crippen LogP contribution in [0.1, 0.15) is 24.8 Å². The lowest BCUT2D eigenvalue weighted by molar-refractivity contribution is 0.414. The van der Waals surface area contributed by atoms with Crippen molar-refractivity contribution < 1.29 is 4.74 Å². The fraction of sp³-hybridized carbons (Fsp3) is 0.333. The van der Waals surface area contributed by atoms with Crippen molar-refractivity contribution in [2.45, 2.75) is 19.9 Å². The monoisotopic (exact) mass is 339 g/mol. The number of thiophene rings is 1. The Morgan fingerprint density at radius 1 is 1.26 bits per heavy atom. The van der Waals surface area contributed by atoms with E-state index in [0.29, 0.717) is 12.0 Å². The summed E-state index contributed by atoms with van der Waals surface area (Å²) in [4.78, 5) is 1.36. The molecule has 1 aromatic heterocycles. The van der Waals surface area contributed by atoms with Crippen LogP contribution in [0, 0.1) is 5.92 Å². The molecule has 1 atom stereocenters. The van der Waals surface area contributed by atoms with E-state index in [1.807, 2.05) is 12.1 Å². The molecule has 1 unspecified atom stereocenters. The van der Waals surface area contributed by atoms with Crippen LogP contribution in [0.3, 0.4) is 0 Å². The average Bonchev–Trinajstić information content (AvgIpc) is 2.88. The van der Waals surface area contributed by atoms with Crippen molar-refractivity contribution in [2.24, 2.45) is 5.92 Å². The quantitative estimate of drug-likeness (QED) is 0.794. The molecule has 2 nitrogen and oxygen atoms in total. The van der Waals surface area contributed by atoms with Gasteiger partial charge in [0.2, 0.25) is 0 Å². The molecule has 0 saturated carbocycles. The first-order chi connectivity index (χ1) is 9.10. The number of methoxy groups -OCH3 is 1. The number of anilines is 1.